The fourth-order valence-electron chi connectivity index (χ4n) is 1.64. The molecule has 0 amide bonds. The number of halogens is 2. The van der Waals surface area contributed by atoms with Gasteiger partial charge in [0.05, 0.1) is 7.11 Å². The maximum absolute atomic E-state index is 12.0. The van der Waals surface area contributed by atoms with E-state index in [9.17, 15) is 4.79 Å². The lowest BCUT2D eigenvalue weighted by Crippen LogP contribution is -2.11. The Morgan fingerprint density at radius 3 is 2.40 bits per heavy atom. The molecule has 0 fully saturated rings. The standard InChI is InChI=1S/C15H12Cl2O3/c1-19-13-4-2-3-10(5-13)15(18)9-20-14-7-11(16)6-12(17)8-14/h2-8H,9H2,1H3. The van der Waals surface area contributed by atoms with Crippen molar-refractivity contribution >= 4 is 29.0 Å². The van der Waals surface area contributed by atoms with Crippen LogP contribution in [-0.4, -0.2) is 19.5 Å². The first kappa shape index (κ1) is 14.7. The third kappa shape index (κ3) is 3.89. The van der Waals surface area contributed by atoms with E-state index in [2.05, 4.69) is 0 Å². The van der Waals surface area contributed by atoms with Crippen LogP contribution in [0.3, 0.4) is 0 Å². The molecule has 0 N–H and O–H groups in total. The monoisotopic (exact) mass is 310 g/mol. The average Bonchev–Trinajstić information content (AvgIpc) is 2.44. The van der Waals surface area contributed by atoms with Gasteiger partial charge in [-0.15, -0.1) is 0 Å². The van der Waals surface area contributed by atoms with Crippen molar-refractivity contribution in [2.45, 2.75) is 0 Å². The summed E-state index contributed by atoms with van der Waals surface area (Å²) in [6.45, 7) is -0.0934. The number of rotatable bonds is 5. The quantitative estimate of drug-likeness (QED) is 0.774. The molecule has 0 aromatic heterocycles. The van der Waals surface area contributed by atoms with Crippen molar-refractivity contribution in [3.05, 3.63) is 58.1 Å². The summed E-state index contributed by atoms with van der Waals surface area (Å²) in [4.78, 5) is 12.0. The minimum Gasteiger partial charge on any atom is -0.497 e. The van der Waals surface area contributed by atoms with Crippen LogP contribution in [0.4, 0.5) is 0 Å². The van der Waals surface area contributed by atoms with Crippen molar-refractivity contribution in [2.75, 3.05) is 13.7 Å². The molecule has 0 aliphatic carbocycles. The van der Waals surface area contributed by atoms with Crippen LogP contribution in [0.25, 0.3) is 0 Å². The Morgan fingerprint density at radius 2 is 1.75 bits per heavy atom. The lowest BCUT2D eigenvalue weighted by molar-refractivity contribution is 0.0921. The van der Waals surface area contributed by atoms with Gasteiger partial charge in [0, 0.05) is 15.6 Å². The van der Waals surface area contributed by atoms with Gasteiger partial charge in [-0.3, -0.25) is 4.79 Å². The number of ketones is 1. The van der Waals surface area contributed by atoms with Gasteiger partial charge in [-0.05, 0) is 30.3 Å². The topological polar surface area (TPSA) is 35.5 Å². The number of methoxy groups -OCH3 is 1. The first-order valence-electron chi connectivity index (χ1n) is 5.84. The maximum atomic E-state index is 12.0. The number of hydrogen-bond donors (Lipinski definition) is 0. The summed E-state index contributed by atoms with van der Waals surface area (Å²) >= 11 is 11.7. The molecule has 2 aromatic carbocycles. The molecular formula is C15H12Cl2O3. The van der Waals surface area contributed by atoms with E-state index >= 15 is 0 Å². The van der Waals surface area contributed by atoms with Crippen LogP contribution in [0, 0.1) is 0 Å². The highest BCUT2D eigenvalue weighted by Crippen LogP contribution is 2.24. The summed E-state index contributed by atoms with van der Waals surface area (Å²) in [5, 5.41) is 0.919. The average molecular weight is 311 g/mol. The van der Waals surface area contributed by atoms with Gasteiger partial charge in [0.15, 0.2) is 12.4 Å². The molecule has 0 aliphatic rings. The van der Waals surface area contributed by atoms with E-state index in [4.69, 9.17) is 32.7 Å². The van der Waals surface area contributed by atoms with Crippen LogP contribution >= 0.6 is 23.2 Å². The smallest absolute Gasteiger partial charge is 0.200 e. The molecule has 0 atom stereocenters. The highest BCUT2D eigenvalue weighted by molar-refractivity contribution is 6.34. The summed E-state index contributed by atoms with van der Waals surface area (Å²) in [6.07, 6.45) is 0. The number of Topliss-reactive ketones (excluding diaryl/α,β-unsaturated/α-hetero) is 1. The predicted octanol–water partition coefficient (Wildman–Crippen LogP) is 4.26. The van der Waals surface area contributed by atoms with Crippen molar-refractivity contribution in [2.24, 2.45) is 0 Å². The number of carbonyl (C=O) groups excluding carboxylic acids is 1. The lowest BCUT2D eigenvalue weighted by atomic mass is 10.1. The summed E-state index contributed by atoms with van der Waals surface area (Å²) in [5.74, 6) is 0.931. The largest absolute Gasteiger partial charge is 0.497 e. The van der Waals surface area contributed by atoms with Crippen LogP contribution < -0.4 is 9.47 Å². The van der Waals surface area contributed by atoms with E-state index in [0.29, 0.717) is 27.1 Å². The van der Waals surface area contributed by atoms with Crippen molar-refractivity contribution in [3.8, 4) is 11.5 Å². The zero-order valence-corrected chi connectivity index (χ0v) is 12.2. The molecule has 3 nitrogen and oxygen atoms in total. The number of ether oxygens (including phenoxy) is 2. The molecule has 20 heavy (non-hydrogen) atoms. The lowest BCUT2D eigenvalue weighted by Gasteiger charge is -2.07. The van der Waals surface area contributed by atoms with Crippen LogP contribution in [0.15, 0.2) is 42.5 Å². The molecule has 104 valence electrons. The molecule has 5 heteroatoms. The van der Waals surface area contributed by atoms with Crippen LogP contribution in [0.5, 0.6) is 11.5 Å². The molecule has 0 bridgehead atoms. The van der Waals surface area contributed by atoms with E-state index in [0.717, 1.165) is 0 Å². The van der Waals surface area contributed by atoms with Crippen molar-refractivity contribution < 1.29 is 14.3 Å². The minimum atomic E-state index is -0.153. The van der Waals surface area contributed by atoms with E-state index in [1.54, 1.807) is 49.6 Å². The number of hydrogen-bond acceptors (Lipinski definition) is 3. The van der Waals surface area contributed by atoms with Gasteiger partial charge >= 0.3 is 0 Å². The Kier molecular flexibility index (Phi) is 4.88. The molecule has 0 aliphatic heterocycles. The van der Waals surface area contributed by atoms with E-state index < -0.39 is 0 Å². The van der Waals surface area contributed by atoms with Gasteiger partial charge < -0.3 is 9.47 Å². The predicted molar refractivity (Wildman–Crippen MR) is 79.3 cm³/mol. The first-order chi connectivity index (χ1) is 9.58. The first-order valence-corrected chi connectivity index (χ1v) is 6.60. The molecule has 2 rings (SSSR count). The molecule has 0 radical (unpaired) electrons. The Hall–Kier alpha value is -1.71. The maximum Gasteiger partial charge on any atom is 0.200 e. The molecular weight excluding hydrogens is 299 g/mol. The highest BCUT2D eigenvalue weighted by Gasteiger charge is 2.08. The van der Waals surface area contributed by atoms with Gasteiger partial charge in [0.25, 0.3) is 0 Å². The second kappa shape index (κ2) is 6.64. The Balaban J connectivity index is 2.04. The molecule has 0 saturated heterocycles. The zero-order chi connectivity index (χ0) is 14.5. The Morgan fingerprint density at radius 1 is 1.05 bits per heavy atom. The third-order valence-electron chi connectivity index (χ3n) is 2.60. The third-order valence-corrected chi connectivity index (χ3v) is 3.03. The van der Waals surface area contributed by atoms with Crippen molar-refractivity contribution in [1.29, 1.82) is 0 Å². The van der Waals surface area contributed by atoms with Gasteiger partial charge in [-0.2, -0.15) is 0 Å². The van der Waals surface area contributed by atoms with Gasteiger partial charge in [-0.1, -0.05) is 35.3 Å². The van der Waals surface area contributed by atoms with Gasteiger partial charge in [-0.25, -0.2) is 0 Å². The van der Waals surface area contributed by atoms with Gasteiger partial charge in [0.2, 0.25) is 0 Å². The summed E-state index contributed by atoms with van der Waals surface area (Å²) in [6, 6.07) is 11.7. The van der Waals surface area contributed by atoms with E-state index in [-0.39, 0.29) is 12.4 Å². The molecule has 2 aromatic rings. The normalized spacial score (nSPS) is 10.2. The summed E-state index contributed by atoms with van der Waals surface area (Å²) in [7, 11) is 1.55. The molecule has 0 heterocycles. The zero-order valence-electron chi connectivity index (χ0n) is 10.7. The van der Waals surface area contributed by atoms with Crippen LogP contribution in [0.1, 0.15) is 10.4 Å². The summed E-state index contributed by atoms with van der Waals surface area (Å²) in [5.41, 5.74) is 0.525. The van der Waals surface area contributed by atoms with Crippen LogP contribution in [-0.2, 0) is 0 Å². The molecule has 0 unspecified atom stereocenters. The van der Waals surface area contributed by atoms with Crippen molar-refractivity contribution in [3.63, 3.8) is 0 Å². The van der Waals surface area contributed by atoms with Crippen molar-refractivity contribution in [1.82, 2.24) is 0 Å². The number of benzene rings is 2. The summed E-state index contributed by atoms with van der Waals surface area (Å²) < 4.78 is 10.5. The number of carbonyl (C=O) groups is 1. The molecule has 0 spiro atoms. The Bertz CT molecular complexity index is 606. The second-order valence-electron chi connectivity index (χ2n) is 4.05. The van der Waals surface area contributed by atoms with E-state index in [1.165, 1.54) is 0 Å². The fraction of sp³-hybridized carbons (Fsp3) is 0.133. The minimum absolute atomic E-state index is 0.0934. The van der Waals surface area contributed by atoms with E-state index in [1.807, 2.05) is 0 Å². The van der Waals surface area contributed by atoms with Gasteiger partial charge in [0.1, 0.15) is 11.5 Å². The highest BCUT2D eigenvalue weighted by atomic mass is 35.5. The Labute approximate surface area is 127 Å². The SMILES string of the molecule is COc1cccc(C(=O)COc2cc(Cl)cc(Cl)c2)c1. The molecule has 0 saturated carbocycles. The second-order valence-corrected chi connectivity index (χ2v) is 4.92. The fourth-order valence-corrected chi connectivity index (χ4v) is 2.15. The van der Waals surface area contributed by atoms with Crippen LogP contribution in [0.2, 0.25) is 10.0 Å².